The second-order valence-electron chi connectivity index (χ2n) is 6.71. The molecular weight excluding hydrogens is 394 g/mol. The third-order valence-corrected chi connectivity index (χ3v) is 5.91. The van der Waals surface area contributed by atoms with Crippen molar-refractivity contribution in [3.8, 4) is 5.75 Å². The van der Waals surface area contributed by atoms with E-state index in [1.54, 1.807) is 12.1 Å². The van der Waals surface area contributed by atoms with Crippen LogP contribution in [0.5, 0.6) is 5.75 Å². The number of hydrogen-bond acceptors (Lipinski definition) is 5. The first-order valence-electron chi connectivity index (χ1n) is 9.19. The Morgan fingerprint density at radius 1 is 1.03 bits per heavy atom. The van der Waals surface area contributed by atoms with Gasteiger partial charge in [-0.15, -0.1) is 0 Å². The van der Waals surface area contributed by atoms with Crippen molar-refractivity contribution in [2.24, 2.45) is 0 Å². The summed E-state index contributed by atoms with van der Waals surface area (Å²) in [6, 6.07) is 13.6. The number of nitrogens with one attached hydrogen (secondary N) is 3. The average molecular weight is 417 g/mol. The first-order chi connectivity index (χ1) is 13.8. The topological polar surface area (TPSA) is 114 Å². The minimum Gasteiger partial charge on any atom is -0.493 e. The van der Waals surface area contributed by atoms with Crippen LogP contribution in [0.4, 0.5) is 0 Å². The van der Waals surface area contributed by atoms with E-state index in [9.17, 15) is 18.0 Å². The summed E-state index contributed by atoms with van der Waals surface area (Å²) in [5.41, 5.74) is 1.82. The first-order valence-corrected chi connectivity index (χ1v) is 10.7. The molecular formula is C20H23N3O5S. The van der Waals surface area contributed by atoms with Crippen LogP contribution in [0.25, 0.3) is 0 Å². The molecule has 3 rings (SSSR count). The molecule has 8 nitrogen and oxygen atoms in total. The largest absolute Gasteiger partial charge is 0.493 e. The molecule has 1 atom stereocenters. The van der Waals surface area contributed by atoms with Gasteiger partial charge in [0.25, 0.3) is 0 Å². The lowest BCUT2D eigenvalue weighted by atomic mass is 10.0. The van der Waals surface area contributed by atoms with E-state index in [-0.39, 0.29) is 23.4 Å². The number of benzene rings is 2. The van der Waals surface area contributed by atoms with E-state index >= 15 is 0 Å². The van der Waals surface area contributed by atoms with Crippen molar-refractivity contribution in [1.82, 2.24) is 15.4 Å². The van der Waals surface area contributed by atoms with Crippen molar-refractivity contribution in [3.05, 3.63) is 59.7 Å². The zero-order chi connectivity index (χ0) is 20.9. The average Bonchev–Trinajstić information content (AvgIpc) is 2.71. The molecule has 2 amide bonds. The Morgan fingerprint density at radius 2 is 1.76 bits per heavy atom. The number of sulfonamides is 1. The zero-order valence-electron chi connectivity index (χ0n) is 16.0. The summed E-state index contributed by atoms with van der Waals surface area (Å²) in [4.78, 5) is 24.2. The van der Waals surface area contributed by atoms with Crippen LogP contribution in [0.1, 0.15) is 23.6 Å². The Bertz CT molecular complexity index is 989. The highest BCUT2D eigenvalue weighted by Crippen LogP contribution is 2.31. The van der Waals surface area contributed by atoms with Crippen LogP contribution in [-0.2, 0) is 19.6 Å². The number of carbonyl (C=O) groups excluding carboxylic acids is 2. The Morgan fingerprint density at radius 3 is 2.52 bits per heavy atom. The Balaban J connectivity index is 1.46. The number of fused-ring (bicyclic) bond motifs is 1. The predicted octanol–water partition coefficient (Wildman–Crippen LogP) is 1.03. The monoisotopic (exact) mass is 417 g/mol. The quantitative estimate of drug-likeness (QED) is 0.623. The van der Waals surface area contributed by atoms with Crippen molar-refractivity contribution in [1.29, 1.82) is 0 Å². The van der Waals surface area contributed by atoms with E-state index in [0.717, 1.165) is 16.9 Å². The van der Waals surface area contributed by atoms with Gasteiger partial charge in [0.15, 0.2) is 0 Å². The predicted molar refractivity (Wildman–Crippen MR) is 107 cm³/mol. The van der Waals surface area contributed by atoms with Crippen LogP contribution in [-0.4, -0.2) is 39.9 Å². The number of rotatable bonds is 7. The summed E-state index contributed by atoms with van der Waals surface area (Å²) in [7, 11) is -3.79. The summed E-state index contributed by atoms with van der Waals surface area (Å²) in [6.07, 6.45) is 0.632. The van der Waals surface area contributed by atoms with Gasteiger partial charge >= 0.3 is 0 Å². The van der Waals surface area contributed by atoms with Gasteiger partial charge in [-0.1, -0.05) is 35.9 Å². The molecule has 3 N–H and O–H groups in total. The molecule has 9 heteroatoms. The molecule has 0 saturated carbocycles. The van der Waals surface area contributed by atoms with Crippen LogP contribution < -0.4 is 20.1 Å². The molecule has 0 radical (unpaired) electrons. The maximum atomic E-state index is 12.2. The molecule has 0 fully saturated rings. The van der Waals surface area contributed by atoms with Gasteiger partial charge in [0.1, 0.15) is 5.75 Å². The number of aryl methyl sites for hydroxylation is 1. The Labute approximate surface area is 169 Å². The van der Waals surface area contributed by atoms with Crippen LogP contribution >= 0.6 is 0 Å². The molecule has 2 aromatic rings. The fraction of sp³-hybridized carbons (Fsp3) is 0.300. The third-order valence-electron chi connectivity index (χ3n) is 4.49. The van der Waals surface area contributed by atoms with E-state index in [1.165, 1.54) is 12.1 Å². The van der Waals surface area contributed by atoms with Crippen molar-refractivity contribution in [2.45, 2.75) is 24.3 Å². The van der Waals surface area contributed by atoms with E-state index in [1.807, 2.05) is 31.2 Å². The highest BCUT2D eigenvalue weighted by molar-refractivity contribution is 7.89. The molecule has 0 spiro atoms. The van der Waals surface area contributed by atoms with E-state index < -0.39 is 22.5 Å². The second kappa shape index (κ2) is 9.06. The summed E-state index contributed by atoms with van der Waals surface area (Å²) >= 11 is 0. The summed E-state index contributed by atoms with van der Waals surface area (Å²) < 4.78 is 32.1. The van der Waals surface area contributed by atoms with Crippen LogP contribution in [0, 0.1) is 6.92 Å². The maximum Gasteiger partial charge on any atom is 0.241 e. The molecule has 29 heavy (non-hydrogen) atoms. The molecule has 1 aliphatic rings. The Kier molecular flexibility index (Phi) is 6.50. The van der Waals surface area contributed by atoms with Gasteiger partial charge in [-0.05, 0) is 25.1 Å². The summed E-state index contributed by atoms with van der Waals surface area (Å²) in [5, 5.41) is 5.28. The molecule has 0 unspecified atom stereocenters. The lowest BCUT2D eigenvalue weighted by Gasteiger charge is -2.26. The SMILES string of the molecule is Cc1ccc(S(=O)(=O)NCC(=O)NCC(=O)N[C@H]2CCOc3ccccc32)cc1. The highest BCUT2D eigenvalue weighted by atomic mass is 32.2. The minimum atomic E-state index is -3.79. The number of amides is 2. The van der Waals surface area contributed by atoms with Crippen molar-refractivity contribution >= 4 is 21.8 Å². The molecule has 0 saturated heterocycles. The van der Waals surface area contributed by atoms with Gasteiger partial charge in [0.05, 0.1) is 30.6 Å². The molecule has 0 bridgehead atoms. The number of para-hydroxylation sites is 1. The molecule has 154 valence electrons. The summed E-state index contributed by atoms with van der Waals surface area (Å²) in [5.74, 6) is -0.219. The molecule has 2 aromatic carbocycles. The van der Waals surface area contributed by atoms with Crippen molar-refractivity contribution in [2.75, 3.05) is 19.7 Å². The third kappa shape index (κ3) is 5.55. The van der Waals surface area contributed by atoms with Crippen molar-refractivity contribution < 1.29 is 22.7 Å². The van der Waals surface area contributed by atoms with Gasteiger partial charge < -0.3 is 15.4 Å². The molecule has 0 aromatic heterocycles. The lowest BCUT2D eigenvalue weighted by Crippen LogP contribution is -2.43. The zero-order valence-corrected chi connectivity index (χ0v) is 16.8. The molecule has 1 aliphatic heterocycles. The second-order valence-corrected chi connectivity index (χ2v) is 8.48. The highest BCUT2D eigenvalue weighted by Gasteiger charge is 2.22. The van der Waals surface area contributed by atoms with Gasteiger partial charge in [0, 0.05) is 12.0 Å². The normalized spacial score (nSPS) is 15.7. The van der Waals surface area contributed by atoms with Crippen LogP contribution in [0.15, 0.2) is 53.4 Å². The lowest BCUT2D eigenvalue weighted by molar-refractivity contribution is -0.126. The standard InChI is InChI=1S/C20H23N3O5S/c1-14-6-8-15(9-7-14)29(26,27)22-13-19(24)21-12-20(25)23-17-10-11-28-18-5-3-2-4-16(17)18/h2-9,17,22H,10-13H2,1H3,(H,21,24)(H,23,25)/t17-/m0/s1. The van der Waals surface area contributed by atoms with Crippen LogP contribution in [0.2, 0.25) is 0 Å². The van der Waals surface area contributed by atoms with Crippen LogP contribution in [0.3, 0.4) is 0 Å². The fourth-order valence-electron chi connectivity index (χ4n) is 2.94. The van der Waals surface area contributed by atoms with Gasteiger partial charge in [0.2, 0.25) is 21.8 Å². The molecule has 1 heterocycles. The number of ether oxygens (including phenoxy) is 1. The van der Waals surface area contributed by atoms with Gasteiger partial charge in [-0.25, -0.2) is 13.1 Å². The smallest absolute Gasteiger partial charge is 0.241 e. The van der Waals surface area contributed by atoms with Gasteiger partial charge in [-0.3, -0.25) is 9.59 Å². The Hall–Kier alpha value is -2.91. The van der Waals surface area contributed by atoms with E-state index in [0.29, 0.717) is 13.0 Å². The summed E-state index contributed by atoms with van der Waals surface area (Å²) in [6.45, 7) is 1.64. The first kappa shape index (κ1) is 20.8. The fourth-order valence-corrected chi connectivity index (χ4v) is 3.92. The van der Waals surface area contributed by atoms with E-state index in [2.05, 4.69) is 15.4 Å². The van der Waals surface area contributed by atoms with E-state index in [4.69, 9.17) is 4.74 Å². The maximum absolute atomic E-state index is 12.2. The minimum absolute atomic E-state index is 0.0758. The number of carbonyl (C=O) groups is 2. The molecule has 0 aliphatic carbocycles. The van der Waals surface area contributed by atoms with Gasteiger partial charge in [-0.2, -0.15) is 0 Å². The van der Waals surface area contributed by atoms with Crippen molar-refractivity contribution in [3.63, 3.8) is 0 Å². The number of hydrogen-bond donors (Lipinski definition) is 3.